The van der Waals surface area contributed by atoms with Gasteiger partial charge in [0.15, 0.2) is 5.96 Å². The van der Waals surface area contributed by atoms with Crippen molar-refractivity contribution in [3.8, 4) is 0 Å². The van der Waals surface area contributed by atoms with Crippen molar-refractivity contribution in [1.82, 2.24) is 20.9 Å². The molecule has 6 nitrogen and oxygen atoms in total. The number of guanidine groups is 1. The number of aliphatic imine (C=N–C) groups is 1. The van der Waals surface area contributed by atoms with E-state index in [0.717, 1.165) is 23.8 Å². The summed E-state index contributed by atoms with van der Waals surface area (Å²) in [6.45, 7) is 3.95. The zero-order valence-electron chi connectivity index (χ0n) is 14.0. The smallest absolute Gasteiger partial charge is 0.251 e. The van der Waals surface area contributed by atoms with Crippen molar-refractivity contribution in [2.45, 2.75) is 20.0 Å². The van der Waals surface area contributed by atoms with E-state index in [1.165, 1.54) is 0 Å². The van der Waals surface area contributed by atoms with Gasteiger partial charge in [-0.15, -0.1) is 0 Å². The van der Waals surface area contributed by atoms with E-state index in [9.17, 15) is 4.79 Å². The maximum Gasteiger partial charge on any atom is 0.251 e. The normalized spacial score (nSPS) is 11.0. The summed E-state index contributed by atoms with van der Waals surface area (Å²) < 4.78 is 0. The minimum absolute atomic E-state index is 0.0876. The van der Waals surface area contributed by atoms with Crippen molar-refractivity contribution in [3.05, 3.63) is 65.5 Å². The second-order valence-corrected chi connectivity index (χ2v) is 5.15. The average Bonchev–Trinajstić information content (AvgIpc) is 2.64. The van der Waals surface area contributed by atoms with Gasteiger partial charge >= 0.3 is 0 Å². The molecule has 0 atom stereocenters. The number of hydrogen-bond donors (Lipinski definition) is 3. The number of rotatable bonds is 6. The lowest BCUT2D eigenvalue weighted by Gasteiger charge is -2.11. The van der Waals surface area contributed by atoms with E-state index in [0.29, 0.717) is 18.7 Å². The fourth-order valence-corrected chi connectivity index (χ4v) is 2.09. The summed E-state index contributed by atoms with van der Waals surface area (Å²) in [4.78, 5) is 20.4. The number of nitrogens with zero attached hydrogens (tertiary/aromatic N) is 2. The first-order chi connectivity index (χ1) is 11.7. The van der Waals surface area contributed by atoms with Crippen LogP contribution in [0.15, 0.2) is 53.7 Å². The van der Waals surface area contributed by atoms with Crippen LogP contribution in [0.3, 0.4) is 0 Å². The lowest BCUT2D eigenvalue weighted by molar-refractivity contribution is 0.0963. The van der Waals surface area contributed by atoms with Crippen molar-refractivity contribution in [2.24, 2.45) is 4.99 Å². The van der Waals surface area contributed by atoms with E-state index in [4.69, 9.17) is 0 Å². The highest BCUT2D eigenvalue weighted by Crippen LogP contribution is 2.05. The van der Waals surface area contributed by atoms with Crippen LogP contribution in [-0.4, -0.2) is 30.4 Å². The summed E-state index contributed by atoms with van der Waals surface area (Å²) in [5, 5.41) is 9.07. The topological polar surface area (TPSA) is 78.4 Å². The van der Waals surface area contributed by atoms with Gasteiger partial charge in [-0.1, -0.05) is 18.2 Å². The Morgan fingerprint density at radius 3 is 2.54 bits per heavy atom. The molecule has 0 radical (unpaired) electrons. The Hall–Kier alpha value is -2.89. The molecule has 24 heavy (non-hydrogen) atoms. The van der Waals surface area contributed by atoms with Crippen molar-refractivity contribution in [2.75, 3.05) is 13.6 Å². The quantitative estimate of drug-likeness (QED) is 0.558. The highest BCUT2D eigenvalue weighted by molar-refractivity contribution is 5.93. The summed E-state index contributed by atoms with van der Waals surface area (Å²) in [7, 11) is 1.62. The van der Waals surface area contributed by atoms with Crippen LogP contribution in [0, 0.1) is 0 Å². The molecular weight excluding hydrogens is 302 g/mol. The predicted octanol–water partition coefficient (Wildman–Crippen LogP) is 1.70. The number of nitrogens with one attached hydrogen (secondary N) is 3. The molecule has 0 aliphatic rings. The Balaban J connectivity index is 1.96. The number of aromatic nitrogens is 1. The van der Waals surface area contributed by atoms with E-state index in [2.05, 4.69) is 25.9 Å². The number of pyridine rings is 1. The monoisotopic (exact) mass is 325 g/mol. The van der Waals surface area contributed by atoms with Gasteiger partial charge in [-0.25, -0.2) is 4.99 Å². The molecule has 0 aliphatic carbocycles. The minimum atomic E-state index is -0.0876. The molecule has 126 valence electrons. The first-order valence-corrected chi connectivity index (χ1v) is 7.96. The summed E-state index contributed by atoms with van der Waals surface area (Å²) in [5.41, 5.74) is 2.64. The standard InChI is InChI=1S/C18H23N5O/c1-3-20-18(23-13-16-6-4-5-11-21-16)22-12-14-7-9-15(10-8-14)17(24)19-2/h4-11H,3,12-13H2,1-2H3,(H,19,24)(H2,20,22,23). The first kappa shape index (κ1) is 17.5. The fraction of sp³-hybridized carbons (Fsp3) is 0.278. The number of carbonyl (C=O) groups is 1. The Morgan fingerprint density at radius 1 is 1.12 bits per heavy atom. The molecule has 1 heterocycles. The lowest BCUT2D eigenvalue weighted by Crippen LogP contribution is -2.37. The van der Waals surface area contributed by atoms with Crippen molar-refractivity contribution in [1.29, 1.82) is 0 Å². The van der Waals surface area contributed by atoms with Gasteiger partial charge in [0, 0.05) is 25.4 Å². The molecule has 0 fully saturated rings. The Kier molecular flexibility index (Phi) is 6.76. The summed E-state index contributed by atoms with van der Waals surface area (Å²) in [6, 6.07) is 13.3. The molecule has 1 aromatic heterocycles. The maximum absolute atomic E-state index is 11.5. The van der Waals surface area contributed by atoms with Crippen LogP contribution in [-0.2, 0) is 13.1 Å². The predicted molar refractivity (Wildman–Crippen MR) is 95.7 cm³/mol. The van der Waals surface area contributed by atoms with Gasteiger partial charge < -0.3 is 16.0 Å². The van der Waals surface area contributed by atoms with Gasteiger partial charge in [0.05, 0.1) is 18.8 Å². The third-order valence-electron chi connectivity index (χ3n) is 3.37. The summed E-state index contributed by atoms with van der Waals surface area (Å²) in [5.74, 6) is 0.647. The number of benzene rings is 1. The minimum Gasteiger partial charge on any atom is -0.357 e. The van der Waals surface area contributed by atoms with Gasteiger partial charge in [0.2, 0.25) is 0 Å². The van der Waals surface area contributed by atoms with Crippen molar-refractivity contribution in [3.63, 3.8) is 0 Å². The number of amides is 1. The maximum atomic E-state index is 11.5. The molecule has 1 aromatic carbocycles. The Morgan fingerprint density at radius 2 is 1.92 bits per heavy atom. The van der Waals surface area contributed by atoms with Gasteiger partial charge in [-0.2, -0.15) is 0 Å². The molecule has 6 heteroatoms. The second-order valence-electron chi connectivity index (χ2n) is 5.15. The molecule has 2 aromatic rings. The van der Waals surface area contributed by atoms with E-state index >= 15 is 0 Å². The molecule has 1 amide bonds. The first-order valence-electron chi connectivity index (χ1n) is 7.96. The van der Waals surface area contributed by atoms with Gasteiger partial charge in [-0.3, -0.25) is 9.78 Å². The fourth-order valence-electron chi connectivity index (χ4n) is 2.09. The highest BCUT2D eigenvalue weighted by Gasteiger charge is 2.03. The van der Waals surface area contributed by atoms with Crippen molar-refractivity contribution < 1.29 is 4.79 Å². The van der Waals surface area contributed by atoms with E-state index in [-0.39, 0.29) is 5.91 Å². The van der Waals surface area contributed by atoms with Gasteiger partial charge in [-0.05, 0) is 36.8 Å². The molecule has 0 bridgehead atoms. The average molecular weight is 325 g/mol. The highest BCUT2D eigenvalue weighted by atomic mass is 16.1. The third-order valence-corrected chi connectivity index (χ3v) is 3.37. The summed E-state index contributed by atoms with van der Waals surface area (Å²) in [6.07, 6.45) is 1.77. The van der Waals surface area contributed by atoms with Crippen LogP contribution in [0.1, 0.15) is 28.5 Å². The molecule has 2 rings (SSSR count). The van der Waals surface area contributed by atoms with Crippen molar-refractivity contribution >= 4 is 11.9 Å². The Labute approximate surface area is 142 Å². The molecule has 3 N–H and O–H groups in total. The largest absolute Gasteiger partial charge is 0.357 e. The number of hydrogen-bond acceptors (Lipinski definition) is 3. The summed E-state index contributed by atoms with van der Waals surface area (Å²) >= 11 is 0. The zero-order chi connectivity index (χ0) is 17.2. The molecule has 0 unspecified atom stereocenters. The molecular formula is C18H23N5O. The van der Waals surface area contributed by atoms with E-state index in [1.807, 2.05) is 37.3 Å². The molecule has 0 spiro atoms. The molecule has 0 saturated heterocycles. The van der Waals surface area contributed by atoms with E-state index < -0.39 is 0 Å². The van der Waals surface area contributed by atoms with E-state index in [1.54, 1.807) is 25.4 Å². The SMILES string of the molecule is CCNC(=NCc1ccc(C(=O)NC)cc1)NCc1ccccn1. The number of carbonyl (C=O) groups excluding carboxylic acids is 1. The van der Waals surface area contributed by atoms with Crippen LogP contribution >= 0.6 is 0 Å². The van der Waals surface area contributed by atoms with Gasteiger partial charge in [0.1, 0.15) is 0 Å². The van der Waals surface area contributed by atoms with Crippen LogP contribution in [0.25, 0.3) is 0 Å². The third kappa shape index (κ3) is 5.39. The molecule has 0 aliphatic heterocycles. The Bertz CT molecular complexity index is 668. The van der Waals surface area contributed by atoms with Crippen LogP contribution in [0.4, 0.5) is 0 Å². The van der Waals surface area contributed by atoms with Crippen LogP contribution < -0.4 is 16.0 Å². The lowest BCUT2D eigenvalue weighted by atomic mass is 10.1. The van der Waals surface area contributed by atoms with Gasteiger partial charge in [0.25, 0.3) is 5.91 Å². The zero-order valence-corrected chi connectivity index (χ0v) is 14.0. The molecule has 0 saturated carbocycles. The second kappa shape index (κ2) is 9.29. The van der Waals surface area contributed by atoms with Crippen LogP contribution in [0.2, 0.25) is 0 Å². The van der Waals surface area contributed by atoms with Crippen LogP contribution in [0.5, 0.6) is 0 Å².